The predicted molar refractivity (Wildman–Crippen MR) is 140 cm³/mol. The van der Waals surface area contributed by atoms with Gasteiger partial charge in [0.2, 0.25) is 0 Å². The number of amides is 1. The third-order valence-corrected chi connectivity index (χ3v) is 7.29. The van der Waals surface area contributed by atoms with Crippen LogP contribution < -0.4 is 4.90 Å². The molecule has 2 aliphatic heterocycles. The molecule has 1 saturated heterocycles. The zero-order chi connectivity index (χ0) is 24.0. The van der Waals surface area contributed by atoms with E-state index < -0.39 is 0 Å². The largest absolute Gasteiger partial charge is 0.369 e. The van der Waals surface area contributed by atoms with Crippen molar-refractivity contribution in [2.75, 3.05) is 50.7 Å². The van der Waals surface area contributed by atoms with Crippen molar-refractivity contribution in [3.63, 3.8) is 0 Å². The molecule has 2 aromatic carbocycles. The van der Waals surface area contributed by atoms with Gasteiger partial charge in [0, 0.05) is 58.2 Å². The number of carbonyl (C=O) groups is 1. The van der Waals surface area contributed by atoms with E-state index in [9.17, 15) is 4.79 Å². The van der Waals surface area contributed by atoms with E-state index in [2.05, 4.69) is 56.8 Å². The number of aryl methyl sites for hydroxylation is 1. The second-order valence-corrected chi connectivity index (χ2v) is 9.61. The average molecular weight is 473 g/mol. The SMILES string of the molecule is Cn1ccc2c1C(OCc1ccccc1)CCN(CCCN1CCN(c3ccccc3)CC1)C2=O. The number of ether oxygens (including phenoxy) is 1. The molecular formula is C29H36N4O2. The van der Waals surface area contributed by atoms with Gasteiger partial charge in [-0.15, -0.1) is 0 Å². The molecule has 2 aliphatic rings. The van der Waals surface area contributed by atoms with Gasteiger partial charge in [0.05, 0.1) is 17.9 Å². The van der Waals surface area contributed by atoms with Crippen LogP contribution in [0, 0.1) is 0 Å². The highest BCUT2D eigenvalue weighted by Crippen LogP contribution is 2.31. The van der Waals surface area contributed by atoms with Crippen LogP contribution in [0.3, 0.4) is 0 Å². The minimum Gasteiger partial charge on any atom is -0.369 e. The first-order chi connectivity index (χ1) is 17.2. The number of para-hydroxylation sites is 1. The minimum atomic E-state index is -0.0785. The number of nitrogens with zero attached hydrogens (tertiary/aromatic N) is 4. The molecule has 1 fully saturated rings. The third-order valence-electron chi connectivity index (χ3n) is 7.29. The van der Waals surface area contributed by atoms with E-state index in [0.717, 1.165) is 75.5 Å². The molecule has 35 heavy (non-hydrogen) atoms. The van der Waals surface area contributed by atoms with Gasteiger partial charge < -0.3 is 19.1 Å². The van der Waals surface area contributed by atoms with Crippen molar-refractivity contribution in [3.05, 3.63) is 89.7 Å². The average Bonchev–Trinajstić information content (AvgIpc) is 3.23. The van der Waals surface area contributed by atoms with Crippen LogP contribution >= 0.6 is 0 Å². The fourth-order valence-electron chi connectivity index (χ4n) is 5.31. The number of aromatic nitrogens is 1. The zero-order valence-electron chi connectivity index (χ0n) is 20.7. The Balaban J connectivity index is 1.14. The van der Waals surface area contributed by atoms with Gasteiger partial charge in [-0.25, -0.2) is 0 Å². The topological polar surface area (TPSA) is 41.0 Å². The normalized spacial score (nSPS) is 19.0. The Bertz CT molecular complexity index is 1090. The van der Waals surface area contributed by atoms with Gasteiger partial charge in [-0.05, 0) is 43.1 Å². The van der Waals surface area contributed by atoms with E-state index in [0.29, 0.717) is 6.61 Å². The number of piperazine rings is 1. The standard InChI is InChI=1S/C29H36N4O2/c1-30-17-13-26-28(30)27(35-23-24-9-4-2-5-10-24)14-18-33(29(26)34)16-8-15-31-19-21-32(22-20-31)25-11-6-3-7-12-25/h2-7,9-13,17,27H,8,14-16,18-23H2,1H3. The van der Waals surface area contributed by atoms with Crippen LogP contribution in [0.5, 0.6) is 0 Å². The molecule has 6 heteroatoms. The van der Waals surface area contributed by atoms with E-state index in [1.54, 1.807) is 0 Å². The van der Waals surface area contributed by atoms with Gasteiger partial charge in [0.1, 0.15) is 6.10 Å². The first-order valence-electron chi connectivity index (χ1n) is 12.8. The van der Waals surface area contributed by atoms with Gasteiger partial charge in [-0.2, -0.15) is 0 Å². The summed E-state index contributed by atoms with van der Waals surface area (Å²) in [6.07, 6.45) is 3.72. The summed E-state index contributed by atoms with van der Waals surface area (Å²) in [4.78, 5) is 20.4. The number of rotatable bonds is 8. The molecule has 3 heterocycles. The molecule has 5 rings (SSSR count). The Morgan fingerprint density at radius 1 is 0.857 bits per heavy atom. The van der Waals surface area contributed by atoms with Gasteiger partial charge in [-0.3, -0.25) is 9.69 Å². The summed E-state index contributed by atoms with van der Waals surface area (Å²) in [5, 5.41) is 0. The van der Waals surface area contributed by atoms with Crippen molar-refractivity contribution >= 4 is 11.6 Å². The Kier molecular flexibility index (Phi) is 7.50. The number of benzene rings is 2. The van der Waals surface area contributed by atoms with Crippen LogP contribution in [0.2, 0.25) is 0 Å². The molecule has 1 amide bonds. The molecule has 0 bridgehead atoms. The molecule has 6 nitrogen and oxygen atoms in total. The third kappa shape index (κ3) is 5.60. The number of fused-ring (bicyclic) bond motifs is 1. The van der Waals surface area contributed by atoms with Gasteiger partial charge in [0.15, 0.2) is 0 Å². The highest BCUT2D eigenvalue weighted by Gasteiger charge is 2.31. The summed E-state index contributed by atoms with van der Waals surface area (Å²) in [7, 11) is 2.01. The fourth-order valence-corrected chi connectivity index (χ4v) is 5.31. The van der Waals surface area contributed by atoms with Crippen molar-refractivity contribution in [2.45, 2.75) is 25.6 Å². The molecule has 0 N–H and O–H groups in total. The van der Waals surface area contributed by atoms with E-state index in [-0.39, 0.29) is 12.0 Å². The first-order valence-corrected chi connectivity index (χ1v) is 12.8. The maximum absolute atomic E-state index is 13.4. The van der Waals surface area contributed by atoms with E-state index in [4.69, 9.17) is 4.74 Å². The maximum atomic E-state index is 13.4. The van der Waals surface area contributed by atoms with E-state index >= 15 is 0 Å². The minimum absolute atomic E-state index is 0.0785. The van der Waals surface area contributed by atoms with Crippen molar-refractivity contribution in [3.8, 4) is 0 Å². The van der Waals surface area contributed by atoms with Gasteiger partial charge in [-0.1, -0.05) is 48.5 Å². The summed E-state index contributed by atoms with van der Waals surface area (Å²) >= 11 is 0. The Morgan fingerprint density at radius 2 is 1.57 bits per heavy atom. The summed E-state index contributed by atoms with van der Waals surface area (Å²) in [6.45, 7) is 7.36. The number of anilines is 1. The second kappa shape index (κ2) is 11.1. The van der Waals surface area contributed by atoms with E-state index in [1.807, 2.05) is 42.4 Å². The van der Waals surface area contributed by atoms with Crippen LogP contribution in [0.25, 0.3) is 0 Å². The van der Waals surface area contributed by atoms with Crippen molar-refractivity contribution < 1.29 is 9.53 Å². The molecule has 0 spiro atoms. The predicted octanol–water partition coefficient (Wildman–Crippen LogP) is 4.34. The molecule has 184 valence electrons. The summed E-state index contributed by atoms with van der Waals surface area (Å²) in [6, 6.07) is 22.9. The number of carbonyl (C=O) groups excluding carboxylic acids is 1. The Hall–Kier alpha value is -3.09. The molecule has 0 saturated carbocycles. The molecular weight excluding hydrogens is 436 g/mol. The lowest BCUT2D eigenvalue weighted by molar-refractivity contribution is 0.0261. The lowest BCUT2D eigenvalue weighted by atomic mass is 10.1. The second-order valence-electron chi connectivity index (χ2n) is 9.61. The number of hydrogen-bond acceptors (Lipinski definition) is 4. The molecule has 1 unspecified atom stereocenters. The fraction of sp³-hybridized carbons (Fsp3) is 0.414. The highest BCUT2D eigenvalue weighted by atomic mass is 16.5. The molecule has 1 atom stereocenters. The molecule has 1 aromatic heterocycles. The Labute approximate surface area is 208 Å². The van der Waals surface area contributed by atoms with E-state index in [1.165, 1.54) is 5.69 Å². The van der Waals surface area contributed by atoms with Crippen LogP contribution in [-0.2, 0) is 18.4 Å². The van der Waals surface area contributed by atoms with Crippen LogP contribution in [0.4, 0.5) is 5.69 Å². The van der Waals surface area contributed by atoms with Crippen molar-refractivity contribution in [1.82, 2.24) is 14.4 Å². The van der Waals surface area contributed by atoms with Crippen LogP contribution in [-0.4, -0.2) is 66.1 Å². The first kappa shape index (κ1) is 23.6. The zero-order valence-corrected chi connectivity index (χ0v) is 20.7. The smallest absolute Gasteiger partial charge is 0.255 e. The highest BCUT2D eigenvalue weighted by molar-refractivity contribution is 5.96. The molecule has 0 radical (unpaired) electrons. The number of hydrogen-bond donors (Lipinski definition) is 0. The Morgan fingerprint density at radius 3 is 2.31 bits per heavy atom. The summed E-state index contributed by atoms with van der Waals surface area (Å²) in [5.41, 5.74) is 4.26. The molecule has 0 aliphatic carbocycles. The lowest BCUT2D eigenvalue weighted by Gasteiger charge is -2.36. The monoisotopic (exact) mass is 472 g/mol. The van der Waals surface area contributed by atoms with Crippen molar-refractivity contribution in [1.29, 1.82) is 0 Å². The lowest BCUT2D eigenvalue weighted by Crippen LogP contribution is -2.47. The van der Waals surface area contributed by atoms with Gasteiger partial charge in [0.25, 0.3) is 5.91 Å². The quantitative estimate of drug-likeness (QED) is 0.489. The molecule has 3 aromatic rings. The van der Waals surface area contributed by atoms with Gasteiger partial charge >= 0.3 is 0 Å². The summed E-state index contributed by atoms with van der Waals surface area (Å²) in [5.74, 6) is 0.139. The van der Waals surface area contributed by atoms with Crippen LogP contribution in [0.1, 0.15) is 40.6 Å². The van der Waals surface area contributed by atoms with Crippen molar-refractivity contribution in [2.24, 2.45) is 7.05 Å². The van der Waals surface area contributed by atoms with Crippen LogP contribution in [0.15, 0.2) is 72.9 Å². The maximum Gasteiger partial charge on any atom is 0.255 e. The summed E-state index contributed by atoms with van der Waals surface area (Å²) < 4.78 is 8.40.